The SMILES string of the molecule is CC(CC(=O)Nc1ccc2c(c1)OCCO2)=NNC(=O)c1ccccc1O. The van der Waals surface area contributed by atoms with E-state index in [9.17, 15) is 14.7 Å². The third kappa shape index (κ3) is 4.75. The van der Waals surface area contributed by atoms with Crippen LogP contribution in [0, 0.1) is 0 Å². The molecule has 0 fully saturated rings. The average molecular weight is 369 g/mol. The van der Waals surface area contributed by atoms with Crippen LogP contribution in [-0.4, -0.2) is 35.8 Å². The molecule has 3 rings (SSSR count). The fourth-order valence-electron chi connectivity index (χ4n) is 2.47. The van der Waals surface area contributed by atoms with E-state index in [2.05, 4.69) is 15.8 Å². The zero-order chi connectivity index (χ0) is 19.2. The summed E-state index contributed by atoms with van der Waals surface area (Å²) in [6, 6.07) is 11.3. The van der Waals surface area contributed by atoms with Gasteiger partial charge in [-0.15, -0.1) is 0 Å². The summed E-state index contributed by atoms with van der Waals surface area (Å²) in [5, 5.41) is 16.3. The van der Waals surface area contributed by atoms with Crippen molar-refractivity contribution in [3.05, 3.63) is 48.0 Å². The number of para-hydroxylation sites is 1. The third-order valence-corrected chi connectivity index (χ3v) is 3.74. The van der Waals surface area contributed by atoms with Crippen LogP contribution in [0.4, 0.5) is 5.69 Å². The zero-order valence-electron chi connectivity index (χ0n) is 14.7. The van der Waals surface area contributed by atoms with Crippen LogP contribution in [0.2, 0.25) is 0 Å². The molecule has 1 aliphatic rings. The molecule has 1 heterocycles. The first-order chi connectivity index (χ1) is 13.0. The van der Waals surface area contributed by atoms with Crippen molar-refractivity contribution in [2.45, 2.75) is 13.3 Å². The Balaban J connectivity index is 1.55. The molecule has 0 atom stereocenters. The van der Waals surface area contributed by atoms with Crippen LogP contribution in [0.5, 0.6) is 17.2 Å². The highest BCUT2D eigenvalue weighted by Crippen LogP contribution is 2.32. The van der Waals surface area contributed by atoms with Gasteiger partial charge in [0.1, 0.15) is 19.0 Å². The van der Waals surface area contributed by atoms with Crippen LogP contribution in [0.15, 0.2) is 47.6 Å². The lowest BCUT2D eigenvalue weighted by molar-refractivity contribution is -0.115. The molecule has 0 aromatic heterocycles. The minimum absolute atomic E-state index is 0.00447. The molecule has 0 radical (unpaired) electrons. The second-order valence-electron chi connectivity index (χ2n) is 5.89. The molecule has 1 aliphatic heterocycles. The van der Waals surface area contributed by atoms with E-state index in [4.69, 9.17) is 9.47 Å². The smallest absolute Gasteiger partial charge is 0.275 e. The number of ether oxygens (including phenoxy) is 2. The molecular weight excluding hydrogens is 350 g/mol. The Labute approximate surface area is 155 Å². The number of hydrazone groups is 1. The lowest BCUT2D eigenvalue weighted by Gasteiger charge is -2.19. The van der Waals surface area contributed by atoms with E-state index in [0.29, 0.717) is 36.1 Å². The molecule has 0 saturated heterocycles. The highest BCUT2D eigenvalue weighted by Gasteiger charge is 2.13. The summed E-state index contributed by atoms with van der Waals surface area (Å²) in [7, 11) is 0. The van der Waals surface area contributed by atoms with Gasteiger partial charge in [0, 0.05) is 17.5 Å². The second-order valence-corrected chi connectivity index (χ2v) is 5.89. The monoisotopic (exact) mass is 369 g/mol. The van der Waals surface area contributed by atoms with Crippen molar-refractivity contribution in [3.8, 4) is 17.2 Å². The lowest BCUT2D eigenvalue weighted by atomic mass is 10.2. The first-order valence-electron chi connectivity index (χ1n) is 8.34. The van der Waals surface area contributed by atoms with Crippen molar-refractivity contribution in [1.82, 2.24) is 5.43 Å². The summed E-state index contributed by atoms with van der Waals surface area (Å²) in [6.45, 7) is 2.59. The number of nitrogens with one attached hydrogen (secondary N) is 2. The number of carbonyl (C=O) groups is 2. The Morgan fingerprint density at radius 3 is 2.63 bits per heavy atom. The highest BCUT2D eigenvalue weighted by atomic mass is 16.6. The fraction of sp³-hybridized carbons (Fsp3) is 0.211. The van der Waals surface area contributed by atoms with Crippen molar-refractivity contribution in [2.24, 2.45) is 5.10 Å². The van der Waals surface area contributed by atoms with Crippen molar-refractivity contribution >= 4 is 23.2 Å². The summed E-state index contributed by atoms with van der Waals surface area (Å²) in [6.07, 6.45) is -0.00447. The Morgan fingerprint density at radius 2 is 1.85 bits per heavy atom. The summed E-state index contributed by atoms with van der Waals surface area (Å²) in [5.74, 6) is 0.242. The summed E-state index contributed by atoms with van der Waals surface area (Å²) in [4.78, 5) is 24.1. The zero-order valence-corrected chi connectivity index (χ0v) is 14.7. The van der Waals surface area contributed by atoms with E-state index in [1.54, 1.807) is 37.3 Å². The number of rotatable bonds is 5. The van der Waals surface area contributed by atoms with Crippen LogP contribution < -0.4 is 20.2 Å². The standard InChI is InChI=1S/C19H19N3O5/c1-12(21-22-19(25)14-4-2-3-5-15(14)23)10-18(24)20-13-6-7-16-17(11-13)27-9-8-26-16/h2-7,11,23H,8-10H2,1H3,(H,20,24)(H,22,25). The van der Waals surface area contributed by atoms with Gasteiger partial charge in [0.15, 0.2) is 11.5 Å². The van der Waals surface area contributed by atoms with Gasteiger partial charge < -0.3 is 19.9 Å². The van der Waals surface area contributed by atoms with Crippen molar-refractivity contribution < 1.29 is 24.2 Å². The number of phenols is 1. The maximum Gasteiger partial charge on any atom is 0.275 e. The number of hydrogen-bond donors (Lipinski definition) is 3. The molecule has 0 saturated carbocycles. The number of fused-ring (bicyclic) bond motifs is 1. The number of anilines is 1. The maximum atomic E-state index is 12.1. The molecule has 27 heavy (non-hydrogen) atoms. The van der Waals surface area contributed by atoms with Gasteiger partial charge in [-0.05, 0) is 31.2 Å². The van der Waals surface area contributed by atoms with Gasteiger partial charge in [-0.3, -0.25) is 9.59 Å². The highest BCUT2D eigenvalue weighted by molar-refractivity contribution is 6.06. The summed E-state index contributed by atoms with van der Waals surface area (Å²) in [5.41, 5.74) is 3.42. The fourth-order valence-corrected chi connectivity index (χ4v) is 2.47. The largest absolute Gasteiger partial charge is 0.507 e. The number of amides is 2. The van der Waals surface area contributed by atoms with E-state index in [1.165, 1.54) is 12.1 Å². The topological polar surface area (TPSA) is 109 Å². The molecule has 8 nitrogen and oxygen atoms in total. The molecule has 8 heteroatoms. The van der Waals surface area contributed by atoms with Crippen molar-refractivity contribution in [3.63, 3.8) is 0 Å². The molecule has 2 aromatic rings. The predicted molar refractivity (Wildman–Crippen MR) is 99.4 cm³/mol. The van der Waals surface area contributed by atoms with E-state index in [1.807, 2.05) is 0 Å². The quantitative estimate of drug-likeness (QED) is 0.553. The van der Waals surface area contributed by atoms with Crippen LogP contribution in [-0.2, 0) is 4.79 Å². The number of phenolic OH excluding ortho intramolecular Hbond substituents is 1. The van der Waals surface area contributed by atoms with Gasteiger partial charge in [0.25, 0.3) is 5.91 Å². The molecule has 0 spiro atoms. The van der Waals surface area contributed by atoms with Crippen LogP contribution in [0.1, 0.15) is 23.7 Å². The van der Waals surface area contributed by atoms with Crippen LogP contribution >= 0.6 is 0 Å². The van der Waals surface area contributed by atoms with Crippen molar-refractivity contribution in [1.29, 1.82) is 0 Å². The van der Waals surface area contributed by atoms with Crippen molar-refractivity contribution in [2.75, 3.05) is 18.5 Å². The van der Waals surface area contributed by atoms with E-state index in [0.717, 1.165) is 0 Å². The Kier molecular flexibility index (Phi) is 5.55. The Bertz CT molecular complexity index is 895. The molecule has 0 bridgehead atoms. The molecule has 0 aliphatic carbocycles. The second kappa shape index (κ2) is 8.22. The van der Waals surface area contributed by atoms with Gasteiger partial charge in [-0.25, -0.2) is 5.43 Å². The van der Waals surface area contributed by atoms with E-state index < -0.39 is 5.91 Å². The van der Waals surface area contributed by atoms with Crippen LogP contribution in [0.3, 0.4) is 0 Å². The summed E-state index contributed by atoms with van der Waals surface area (Å²) >= 11 is 0. The van der Waals surface area contributed by atoms with Gasteiger partial charge in [-0.1, -0.05) is 12.1 Å². The molecule has 2 aromatic carbocycles. The predicted octanol–water partition coefficient (Wildman–Crippen LogP) is 2.30. The maximum absolute atomic E-state index is 12.1. The minimum atomic E-state index is -0.556. The van der Waals surface area contributed by atoms with Gasteiger partial charge in [0.2, 0.25) is 5.91 Å². The van der Waals surface area contributed by atoms with Gasteiger partial charge in [0.05, 0.1) is 12.0 Å². The van der Waals surface area contributed by atoms with E-state index >= 15 is 0 Å². The lowest BCUT2D eigenvalue weighted by Crippen LogP contribution is -2.21. The number of nitrogens with zero attached hydrogens (tertiary/aromatic N) is 1. The normalized spacial score (nSPS) is 13.0. The molecule has 2 amide bonds. The van der Waals surface area contributed by atoms with Gasteiger partial charge in [-0.2, -0.15) is 5.10 Å². The molecule has 0 unspecified atom stereocenters. The Morgan fingerprint density at radius 1 is 1.11 bits per heavy atom. The number of hydrogen-bond acceptors (Lipinski definition) is 6. The Hall–Kier alpha value is -3.55. The molecule has 3 N–H and O–H groups in total. The number of aromatic hydroxyl groups is 1. The first-order valence-corrected chi connectivity index (χ1v) is 8.34. The number of benzene rings is 2. The summed E-state index contributed by atoms with van der Waals surface area (Å²) < 4.78 is 10.9. The first kappa shape index (κ1) is 18.2. The third-order valence-electron chi connectivity index (χ3n) is 3.74. The minimum Gasteiger partial charge on any atom is -0.507 e. The van der Waals surface area contributed by atoms with E-state index in [-0.39, 0.29) is 23.6 Å². The van der Waals surface area contributed by atoms with Crippen LogP contribution in [0.25, 0.3) is 0 Å². The number of carbonyl (C=O) groups excluding carboxylic acids is 2. The molecular formula is C19H19N3O5. The van der Waals surface area contributed by atoms with Gasteiger partial charge >= 0.3 is 0 Å². The molecule has 140 valence electrons. The average Bonchev–Trinajstić information content (AvgIpc) is 2.66.